The van der Waals surface area contributed by atoms with Crippen LogP contribution in [0, 0.1) is 6.92 Å². The van der Waals surface area contributed by atoms with Crippen molar-refractivity contribution in [3.05, 3.63) is 65.2 Å². The highest BCUT2D eigenvalue weighted by atomic mass is 16.3. The maximum atomic E-state index is 12.3. The van der Waals surface area contributed by atoms with Crippen LogP contribution >= 0.6 is 0 Å². The summed E-state index contributed by atoms with van der Waals surface area (Å²) >= 11 is 0. The van der Waals surface area contributed by atoms with Gasteiger partial charge in [-0.3, -0.25) is 9.69 Å². The minimum atomic E-state index is -0.0576. The summed E-state index contributed by atoms with van der Waals surface area (Å²) in [7, 11) is 0. The topological polar surface area (TPSA) is 52.6 Å². The van der Waals surface area contributed by atoms with E-state index in [1.807, 2.05) is 6.07 Å². The summed E-state index contributed by atoms with van der Waals surface area (Å²) in [6.45, 7) is 4.83. The number of aromatic hydroxyl groups is 1. The largest absolute Gasteiger partial charge is 0.508 e. The van der Waals surface area contributed by atoms with Crippen molar-refractivity contribution in [1.29, 1.82) is 0 Å². The molecule has 132 valence electrons. The quantitative estimate of drug-likeness (QED) is 0.850. The molecule has 4 heteroatoms. The molecule has 4 nitrogen and oxygen atoms in total. The van der Waals surface area contributed by atoms with E-state index in [-0.39, 0.29) is 24.1 Å². The first-order chi connectivity index (χ1) is 12.1. The van der Waals surface area contributed by atoms with E-state index in [4.69, 9.17) is 0 Å². The molecule has 2 N–H and O–H groups in total. The highest BCUT2D eigenvalue weighted by Crippen LogP contribution is 2.25. The predicted octanol–water partition coefficient (Wildman–Crippen LogP) is 3.20. The summed E-state index contributed by atoms with van der Waals surface area (Å²) < 4.78 is 0. The van der Waals surface area contributed by atoms with Gasteiger partial charge in [-0.25, -0.2) is 0 Å². The Hall–Kier alpha value is -2.33. The van der Waals surface area contributed by atoms with Gasteiger partial charge in [0.1, 0.15) is 5.75 Å². The second-order valence-electron chi connectivity index (χ2n) is 6.78. The summed E-state index contributed by atoms with van der Waals surface area (Å²) in [5.74, 6) is 0.116. The number of likely N-dealkylation sites (tertiary alicyclic amines) is 1. The first-order valence-corrected chi connectivity index (χ1v) is 8.97. The lowest BCUT2D eigenvalue weighted by atomic mass is 10.0. The molecule has 0 aliphatic carbocycles. The van der Waals surface area contributed by atoms with Crippen LogP contribution in [0.3, 0.4) is 0 Å². The molecule has 25 heavy (non-hydrogen) atoms. The Kier molecular flexibility index (Phi) is 5.71. The summed E-state index contributed by atoms with van der Waals surface area (Å²) in [5, 5.41) is 12.9. The molecule has 1 fully saturated rings. The SMILES string of the molecule is Cc1ccc(C(CNC(=O)Cc2ccccc2O)N2CCCC2)cc1. The van der Waals surface area contributed by atoms with Crippen molar-refractivity contribution >= 4 is 5.91 Å². The molecule has 1 amide bonds. The number of rotatable bonds is 6. The van der Waals surface area contributed by atoms with E-state index < -0.39 is 0 Å². The Bertz CT molecular complexity index is 706. The molecule has 1 heterocycles. The van der Waals surface area contributed by atoms with Gasteiger partial charge in [-0.05, 0) is 44.5 Å². The molecule has 1 aliphatic heterocycles. The molecule has 0 radical (unpaired) electrons. The zero-order chi connectivity index (χ0) is 17.6. The van der Waals surface area contributed by atoms with Crippen molar-refractivity contribution in [2.75, 3.05) is 19.6 Å². The molecule has 2 aromatic rings. The number of phenolic OH excluding ortho intramolecular Hbond substituents is 1. The summed E-state index contributed by atoms with van der Waals surface area (Å²) in [5.41, 5.74) is 3.15. The van der Waals surface area contributed by atoms with Gasteiger partial charge in [0.15, 0.2) is 0 Å². The summed E-state index contributed by atoms with van der Waals surface area (Å²) in [6, 6.07) is 15.8. The molecule has 1 aliphatic rings. The fourth-order valence-electron chi connectivity index (χ4n) is 3.41. The minimum absolute atomic E-state index is 0.0576. The molecular weight excluding hydrogens is 312 g/mol. The second-order valence-corrected chi connectivity index (χ2v) is 6.78. The molecule has 1 saturated heterocycles. The van der Waals surface area contributed by atoms with Gasteiger partial charge in [-0.2, -0.15) is 0 Å². The van der Waals surface area contributed by atoms with Crippen molar-refractivity contribution < 1.29 is 9.90 Å². The maximum Gasteiger partial charge on any atom is 0.224 e. The fraction of sp³-hybridized carbons (Fsp3) is 0.381. The molecule has 0 saturated carbocycles. The minimum Gasteiger partial charge on any atom is -0.508 e. The number of carbonyl (C=O) groups is 1. The fourth-order valence-corrected chi connectivity index (χ4v) is 3.41. The molecule has 2 aromatic carbocycles. The summed E-state index contributed by atoms with van der Waals surface area (Å²) in [6.07, 6.45) is 2.63. The van der Waals surface area contributed by atoms with Crippen molar-refractivity contribution in [2.45, 2.75) is 32.2 Å². The number of hydrogen-bond acceptors (Lipinski definition) is 3. The summed E-state index contributed by atoms with van der Waals surface area (Å²) in [4.78, 5) is 14.8. The third-order valence-electron chi connectivity index (χ3n) is 4.88. The number of benzene rings is 2. The predicted molar refractivity (Wildman–Crippen MR) is 99.5 cm³/mol. The standard InChI is InChI=1S/C21H26N2O2/c1-16-8-10-17(11-9-16)19(23-12-4-5-13-23)15-22-21(25)14-18-6-2-3-7-20(18)24/h2-3,6-11,19,24H,4-5,12-15H2,1H3,(H,22,25). The Morgan fingerprint density at radius 2 is 1.80 bits per heavy atom. The van der Waals surface area contributed by atoms with E-state index in [2.05, 4.69) is 41.4 Å². The van der Waals surface area contributed by atoms with Crippen LogP contribution in [0.15, 0.2) is 48.5 Å². The van der Waals surface area contributed by atoms with Crippen LogP contribution in [0.4, 0.5) is 0 Å². The van der Waals surface area contributed by atoms with Crippen molar-refractivity contribution in [3.8, 4) is 5.75 Å². The molecule has 0 spiro atoms. The molecule has 1 unspecified atom stereocenters. The van der Waals surface area contributed by atoms with Gasteiger partial charge in [-0.15, -0.1) is 0 Å². The van der Waals surface area contributed by atoms with E-state index in [1.54, 1.807) is 18.2 Å². The van der Waals surface area contributed by atoms with E-state index in [0.29, 0.717) is 12.1 Å². The molecule has 0 aromatic heterocycles. The van der Waals surface area contributed by atoms with Crippen LogP contribution in [0.5, 0.6) is 5.75 Å². The molecule has 1 atom stereocenters. The number of aryl methyl sites for hydroxylation is 1. The maximum absolute atomic E-state index is 12.3. The second kappa shape index (κ2) is 8.17. The average molecular weight is 338 g/mol. The number of carbonyl (C=O) groups excluding carboxylic acids is 1. The Morgan fingerprint density at radius 3 is 2.48 bits per heavy atom. The third kappa shape index (κ3) is 4.60. The number of hydrogen-bond donors (Lipinski definition) is 2. The number of amides is 1. The van der Waals surface area contributed by atoms with Crippen molar-refractivity contribution in [3.63, 3.8) is 0 Å². The van der Waals surface area contributed by atoms with Crippen LogP contribution < -0.4 is 5.32 Å². The van der Waals surface area contributed by atoms with Gasteiger partial charge < -0.3 is 10.4 Å². The smallest absolute Gasteiger partial charge is 0.224 e. The molecule has 3 rings (SSSR count). The first kappa shape index (κ1) is 17.5. The Balaban J connectivity index is 1.65. The van der Waals surface area contributed by atoms with Gasteiger partial charge >= 0.3 is 0 Å². The monoisotopic (exact) mass is 338 g/mol. The zero-order valence-electron chi connectivity index (χ0n) is 14.7. The Labute approximate surface area is 149 Å². The van der Waals surface area contributed by atoms with Gasteiger partial charge in [0.2, 0.25) is 5.91 Å². The average Bonchev–Trinajstić information content (AvgIpc) is 3.13. The van der Waals surface area contributed by atoms with Gasteiger partial charge in [0.25, 0.3) is 0 Å². The molecule has 0 bridgehead atoms. The van der Waals surface area contributed by atoms with Crippen LogP contribution in [-0.2, 0) is 11.2 Å². The number of para-hydroxylation sites is 1. The van der Waals surface area contributed by atoms with Crippen LogP contribution in [0.2, 0.25) is 0 Å². The molecular formula is C21H26N2O2. The number of nitrogens with one attached hydrogen (secondary N) is 1. The third-order valence-corrected chi connectivity index (χ3v) is 4.88. The first-order valence-electron chi connectivity index (χ1n) is 8.97. The van der Waals surface area contributed by atoms with Gasteiger partial charge in [0, 0.05) is 12.1 Å². The van der Waals surface area contributed by atoms with Crippen molar-refractivity contribution in [2.24, 2.45) is 0 Å². The van der Waals surface area contributed by atoms with Crippen molar-refractivity contribution in [1.82, 2.24) is 10.2 Å². The highest BCUT2D eigenvalue weighted by Gasteiger charge is 2.24. The lowest BCUT2D eigenvalue weighted by Crippen LogP contribution is -2.37. The zero-order valence-corrected chi connectivity index (χ0v) is 14.7. The lowest BCUT2D eigenvalue weighted by Gasteiger charge is -2.28. The highest BCUT2D eigenvalue weighted by molar-refractivity contribution is 5.79. The lowest BCUT2D eigenvalue weighted by molar-refractivity contribution is -0.120. The normalized spacial score (nSPS) is 15.9. The van der Waals surface area contributed by atoms with Gasteiger partial charge in [0.05, 0.1) is 12.5 Å². The van der Waals surface area contributed by atoms with E-state index in [0.717, 1.165) is 13.1 Å². The van der Waals surface area contributed by atoms with Crippen LogP contribution in [0.25, 0.3) is 0 Å². The van der Waals surface area contributed by atoms with E-state index in [1.165, 1.54) is 24.0 Å². The van der Waals surface area contributed by atoms with Crippen LogP contribution in [-0.4, -0.2) is 35.5 Å². The van der Waals surface area contributed by atoms with E-state index in [9.17, 15) is 9.90 Å². The number of phenols is 1. The van der Waals surface area contributed by atoms with E-state index >= 15 is 0 Å². The van der Waals surface area contributed by atoms with Gasteiger partial charge in [-0.1, -0.05) is 48.0 Å². The number of nitrogens with zero attached hydrogens (tertiary/aromatic N) is 1. The Morgan fingerprint density at radius 1 is 1.12 bits per heavy atom. The van der Waals surface area contributed by atoms with Crippen LogP contribution in [0.1, 0.15) is 35.6 Å².